The van der Waals surface area contributed by atoms with Crippen molar-refractivity contribution in [1.29, 1.82) is 5.26 Å². The van der Waals surface area contributed by atoms with Gasteiger partial charge >= 0.3 is 5.76 Å². The van der Waals surface area contributed by atoms with Crippen molar-refractivity contribution in [3.05, 3.63) is 70.3 Å². The Hall–Kier alpha value is -3.59. The van der Waals surface area contributed by atoms with Gasteiger partial charge in [-0.05, 0) is 24.3 Å². The van der Waals surface area contributed by atoms with Crippen LogP contribution >= 0.6 is 0 Å². The number of hydrogen-bond donors (Lipinski definition) is 1. The molecule has 1 N–H and O–H groups in total. The standard InChI is InChI=1S/C18H11N3O3/c19-8-11-5-6-17-15(7-11)21(18(23)24-17)10-16(22)13-9-20-14-4-2-1-3-12(13)14/h1-7,9,20H,10H2. The van der Waals surface area contributed by atoms with Gasteiger partial charge in [0.15, 0.2) is 11.4 Å². The third-order valence-corrected chi connectivity index (χ3v) is 3.99. The molecule has 4 rings (SSSR count). The summed E-state index contributed by atoms with van der Waals surface area (Å²) >= 11 is 0. The van der Waals surface area contributed by atoms with Gasteiger partial charge in [0.1, 0.15) is 0 Å². The number of H-pyrrole nitrogens is 1. The SMILES string of the molecule is N#Cc1ccc2oc(=O)n(CC(=O)c3c[nH]c4ccccc34)c2c1. The number of benzene rings is 2. The predicted molar refractivity (Wildman–Crippen MR) is 87.8 cm³/mol. The molecule has 0 fully saturated rings. The van der Waals surface area contributed by atoms with Gasteiger partial charge in [0, 0.05) is 22.7 Å². The number of rotatable bonds is 3. The van der Waals surface area contributed by atoms with Crippen molar-refractivity contribution in [2.45, 2.75) is 6.54 Å². The van der Waals surface area contributed by atoms with Gasteiger partial charge in [0.05, 0.1) is 23.7 Å². The number of nitriles is 1. The van der Waals surface area contributed by atoms with Crippen molar-refractivity contribution in [2.75, 3.05) is 0 Å². The normalized spacial score (nSPS) is 11.0. The molecule has 0 atom stereocenters. The molecule has 2 aromatic heterocycles. The summed E-state index contributed by atoms with van der Waals surface area (Å²) in [7, 11) is 0. The Morgan fingerprint density at radius 1 is 1.25 bits per heavy atom. The van der Waals surface area contributed by atoms with E-state index in [-0.39, 0.29) is 12.3 Å². The quantitative estimate of drug-likeness (QED) is 0.588. The van der Waals surface area contributed by atoms with E-state index >= 15 is 0 Å². The Kier molecular flexibility index (Phi) is 3.07. The maximum Gasteiger partial charge on any atom is 0.420 e. The molecule has 0 aliphatic rings. The van der Waals surface area contributed by atoms with Gasteiger partial charge in [-0.2, -0.15) is 5.26 Å². The third kappa shape index (κ3) is 2.11. The first kappa shape index (κ1) is 14.0. The van der Waals surface area contributed by atoms with Crippen LogP contribution in [0.2, 0.25) is 0 Å². The molecule has 24 heavy (non-hydrogen) atoms. The van der Waals surface area contributed by atoms with Crippen LogP contribution in [0.4, 0.5) is 0 Å². The molecular formula is C18H11N3O3. The average molecular weight is 317 g/mol. The van der Waals surface area contributed by atoms with Crippen molar-refractivity contribution in [3.63, 3.8) is 0 Å². The highest BCUT2D eigenvalue weighted by molar-refractivity contribution is 6.08. The second-order valence-electron chi connectivity index (χ2n) is 5.42. The molecule has 116 valence electrons. The van der Waals surface area contributed by atoms with E-state index in [9.17, 15) is 9.59 Å². The molecule has 0 aliphatic heterocycles. The lowest BCUT2D eigenvalue weighted by molar-refractivity contribution is 0.0972. The first-order valence-corrected chi connectivity index (χ1v) is 7.30. The monoisotopic (exact) mass is 317 g/mol. The molecule has 0 bridgehead atoms. The van der Waals surface area contributed by atoms with Crippen LogP contribution in [0.5, 0.6) is 0 Å². The first-order valence-electron chi connectivity index (χ1n) is 7.30. The van der Waals surface area contributed by atoms with Crippen molar-refractivity contribution in [3.8, 4) is 6.07 Å². The maximum absolute atomic E-state index is 12.7. The average Bonchev–Trinajstić information content (AvgIpc) is 3.16. The minimum absolute atomic E-state index is 0.150. The number of carbonyl (C=O) groups excluding carboxylic acids is 1. The van der Waals surface area contributed by atoms with Crippen LogP contribution in [-0.4, -0.2) is 15.3 Å². The number of oxazole rings is 1. The van der Waals surface area contributed by atoms with Crippen molar-refractivity contribution in [2.24, 2.45) is 0 Å². The van der Waals surface area contributed by atoms with Gasteiger partial charge in [-0.25, -0.2) is 4.79 Å². The van der Waals surface area contributed by atoms with E-state index in [1.165, 1.54) is 4.57 Å². The van der Waals surface area contributed by atoms with E-state index < -0.39 is 5.76 Å². The summed E-state index contributed by atoms with van der Waals surface area (Å²) in [6, 6.07) is 14.1. The van der Waals surface area contributed by atoms with Crippen molar-refractivity contribution < 1.29 is 9.21 Å². The van der Waals surface area contributed by atoms with E-state index in [0.29, 0.717) is 22.2 Å². The molecule has 6 nitrogen and oxygen atoms in total. The Morgan fingerprint density at radius 3 is 2.92 bits per heavy atom. The van der Waals surface area contributed by atoms with Crippen LogP contribution in [-0.2, 0) is 6.54 Å². The minimum atomic E-state index is -0.617. The fourth-order valence-corrected chi connectivity index (χ4v) is 2.81. The van der Waals surface area contributed by atoms with Crippen molar-refractivity contribution in [1.82, 2.24) is 9.55 Å². The number of carbonyl (C=O) groups is 1. The fourth-order valence-electron chi connectivity index (χ4n) is 2.81. The summed E-state index contributed by atoms with van der Waals surface area (Å²) in [5, 5.41) is 9.81. The van der Waals surface area contributed by atoms with E-state index in [1.54, 1.807) is 24.4 Å². The number of nitrogens with zero attached hydrogens (tertiary/aromatic N) is 2. The Balaban J connectivity index is 1.79. The molecule has 0 unspecified atom stereocenters. The fraction of sp³-hybridized carbons (Fsp3) is 0.0556. The van der Waals surface area contributed by atoms with Crippen LogP contribution in [0.25, 0.3) is 22.0 Å². The van der Waals surface area contributed by atoms with Crippen LogP contribution in [0.3, 0.4) is 0 Å². The highest BCUT2D eigenvalue weighted by atomic mass is 16.4. The van der Waals surface area contributed by atoms with Gasteiger partial charge in [-0.15, -0.1) is 0 Å². The summed E-state index contributed by atoms with van der Waals surface area (Å²) in [6.07, 6.45) is 1.64. The summed E-state index contributed by atoms with van der Waals surface area (Å²) in [4.78, 5) is 27.8. The molecule has 4 aromatic rings. The van der Waals surface area contributed by atoms with Gasteiger partial charge in [0.2, 0.25) is 0 Å². The molecule has 0 aliphatic carbocycles. The van der Waals surface area contributed by atoms with Crippen LogP contribution in [0, 0.1) is 11.3 Å². The molecule has 0 amide bonds. The van der Waals surface area contributed by atoms with E-state index in [1.807, 2.05) is 30.3 Å². The molecule has 2 heterocycles. The second-order valence-corrected chi connectivity index (χ2v) is 5.42. The Morgan fingerprint density at radius 2 is 2.08 bits per heavy atom. The van der Waals surface area contributed by atoms with Gasteiger partial charge in [-0.3, -0.25) is 9.36 Å². The highest BCUT2D eigenvalue weighted by Gasteiger charge is 2.17. The number of ketones is 1. The summed E-state index contributed by atoms with van der Waals surface area (Å²) in [6.45, 7) is -0.150. The van der Waals surface area contributed by atoms with Crippen LogP contribution in [0.15, 0.2) is 57.9 Å². The lowest BCUT2D eigenvalue weighted by atomic mass is 10.1. The van der Waals surface area contributed by atoms with Crippen LogP contribution in [0.1, 0.15) is 15.9 Å². The van der Waals surface area contributed by atoms with E-state index in [2.05, 4.69) is 4.98 Å². The van der Waals surface area contributed by atoms with Gasteiger partial charge < -0.3 is 9.40 Å². The number of aromatic nitrogens is 2. The minimum Gasteiger partial charge on any atom is -0.408 e. The van der Waals surface area contributed by atoms with Crippen LogP contribution < -0.4 is 5.76 Å². The Bertz CT molecular complexity index is 1190. The summed E-state index contributed by atoms with van der Waals surface area (Å²) in [5.41, 5.74) is 2.56. The molecule has 2 aromatic carbocycles. The zero-order valence-electron chi connectivity index (χ0n) is 12.4. The largest absolute Gasteiger partial charge is 0.420 e. The lowest BCUT2D eigenvalue weighted by Gasteiger charge is -2.01. The first-order chi connectivity index (χ1) is 11.7. The zero-order chi connectivity index (χ0) is 16.7. The number of hydrogen-bond acceptors (Lipinski definition) is 4. The number of Topliss-reactive ketones (excluding diaryl/α,β-unsaturated/α-hetero) is 1. The number of nitrogens with one attached hydrogen (secondary N) is 1. The van der Waals surface area contributed by atoms with Crippen molar-refractivity contribution >= 4 is 27.8 Å². The molecule has 0 spiro atoms. The Labute approximate surface area is 135 Å². The number of fused-ring (bicyclic) bond motifs is 2. The molecule has 6 heteroatoms. The summed E-state index contributed by atoms with van der Waals surface area (Å²) in [5.74, 6) is -0.826. The maximum atomic E-state index is 12.7. The molecule has 0 saturated heterocycles. The molecular weight excluding hydrogens is 306 g/mol. The summed E-state index contributed by atoms with van der Waals surface area (Å²) < 4.78 is 6.39. The lowest BCUT2D eigenvalue weighted by Crippen LogP contribution is -2.20. The van der Waals surface area contributed by atoms with Gasteiger partial charge in [0.25, 0.3) is 0 Å². The zero-order valence-corrected chi connectivity index (χ0v) is 12.4. The second kappa shape index (κ2) is 5.25. The topological polar surface area (TPSA) is 91.8 Å². The van der Waals surface area contributed by atoms with E-state index in [4.69, 9.17) is 9.68 Å². The van der Waals surface area contributed by atoms with Gasteiger partial charge in [-0.1, -0.05) is 18.2 Å². The molecule has 0 saturated carbocycles. The molecule has 0 radical (unpaired) electrons. The smallest absolute Gasteiger partial charge is 0.408 e. The number of para-hydroxylation sites is 1. The predicted octanol–water partition coefficient (Wildman–Crippen LogP) is 2.83. The highest BCUT2D eigenvalue weighted by Crippen LogP contribution is 2.20. The third-order valence-electron chi connectivity index (χ3n) is 3.99. The number of aromatic amines is 1. The van der Waals surface area contributed by atoms with E-state index in [0.717, 1.165) is 10.9 Å².